The smallest absolute Gasteiger partial charge is 0.221 e. The van der Waals surface area contributed by atoms with E-state index in [1.807, 2.05) is 0 Å². The van der Waals surface area contributed by atoms with Gasteiger partial charge in [0.2, 0.25) is 5.91 Å². The number of nitrogens with one attached hydrogen (secondary N) is 2. The van der Waals surface area contributed by atoms with E-state index in [0.29, 0.717) is 38.6 Å². The van der Waals surface area contributed by atoms with Gasteiger partial charge in [-0.15, -0.1) is 0 Å². The van der Waals surface area contributed by atoms with Crippen molar-refractivity contribution in [2.45, 2.75) is 45.3 Å². The Morgan fingerprint density at radius 1 is 1.56 bits per heavy atom. The van der Waals surface area contributed by atoms with Gasteiger partial charge in [0.05, 0.1) is 12.7 Å². The van der Waals surface area contributed by atoms with E-state index >= 15 is 0 Å². The Morgan fingerprint density at radius 3 is 2.94 bits per heavy atom. The van der Waals surface area contributed by atoms with Crippen LogP contribution < -0.4 is 10.6 Å². The van der Waals surface area contributed by atoms with Gasteiger partial charge in [-0.1, -0.05) is 13.8 Å². The van der Waals surface area contributed by atoms with Crippen molar-refractivity contribution in [3.63, 3.8) is 0 Å². The molecule has 0 spiro atoms. The highest BCUT2D eigenvalue weighted by Crippen LogP contribution is 2.03. The van der Waals surface area contributed by atoms with E-state index in [-0.39, 0.29) is 11.9 Å². The standard InChI is InChI=1S/C13H26N2O3/c1-10(2)4-3-5-18-9-12(16)8-14-11-6-13(17)15-7-11/h10-12,14,16H,3-9H2,1-2H3,(H,15,17). The van der Waals surface area contributed by atoms with Crippen molar-refractivity contribution in [2.75, 3.05) is 26.3 Å². The molecule has 0 saturated carbocycles. The molecule has 0 aliphatic carbocycles. The van der Waals surface area contributed by atoms with Gasteiger partial charge in [0.1, 0.15) is 0 Å². The second-order valence-corrected chi connectivity index (χ2v) is 5.38. The number of carbonyl (C=O) groups excluding carboxylic acids is 1. The molecule has 0 aromatic heterocycles. The predicted octanol–water partition coefficient (Wildman–Crippen LogP) is 0.278. The SMILES string of the molecule is CC(C)CCCOCC(O)CNC1CNC(=O)C1. The summed E-state index contributed by atoms with van der Waals surface area (Å²) in [6.45, 7) is 6.58. The molecule has 1 rings (SSSR count). The molecule has 5 heteroatoms. The zero-order valence-corrected chi connectivity index (χ0v) is 11.4. The number of amides is 1. The second kappa shape index (κ2) is 8.45. The van der Waals surface area contributed by atoms with Crippen molar-refractivity contribution in [1.82, 2.24) is 10.6 Å². The minimum atomic E-state index is -0.500. The first kappa shape index (κ1) is 15.4. The Labute approximate surface area is 109 Å². The van der Waals surface area contributed by atoms with Crippen LogP contribution in [0.3, 0.4) is 0 Å². The van der Waals surface area contributed by atoms with Gasteiger partial charge in [0, 0.05) is 32.2 Å². The Kier molecular flexibility index (Phi) is 7.23. The molecule has 3 N–H and O–H groups in total. The topological polar surface area (TPSA) is 70.6 Å². The summed E-state index contributed by atoms with van der Waals surface area (Å²) in [6, 6.07) is 0.146. The molecule has 1 heterocycles. The van der Waals surface area contributed by atoms with Gasteiger partial charge in [0.25, 0.3) is 0 Å². The zero-order chi connectivity index (χ0) is 13.4. The van der Waals surface area contributed by atoms with Gasteiger partial charge in [-0.25, -0.2) is 0 Å². The van der Waals surface area contributed by atoms with E-state index in [1.165, 1.54) is 0 Å². The van der Waals surface area contributed by atoms with E-state index < -0.39 is 6.10 Å². The minimum absolute atomic E-state index is 0.0759. The van der Waals surface area contributed by atoms with Crippen LogP contribution in [0.2, 0.25) is 0 Å². The second-order valence-electron chi connectivity index (χ2n) is 5.38. The van der Waals surface area contributed by atoms with Crippen LogP contribution in [-0.2, 0) is 9.53 Å². The third kappa shape index (κ3) is 6.93. The van der Waals surface area contributed by atoms with E-state index in [1.54, 1.807) is 0 Å². The maximum absolute atomic E-state index is 11.0. The number of aliphatic hydroxyl groups excluding tert-OH is 1. The Morgan fingerprint density at radius 2 is 2.33 bits per heavy atom. The summed E-state index contributed by atoms with van der Waals surface area (Å²) in [6.07, 6.45) is 2.20. The number of carbonyl (C=O) groups is 1. The monoisotopic (exact) mass is 258 g/mol. The van der Waals surface area contributed by atoms with Crippen molar-refractivity contribution in [3.05, 3.63) is 0 Å². The van der Waals surface area contributed by atoms with Crippen LogP contribution in [-0.4, -0.2) is 49.5 Å². The molecular formula is C13H26N2O3. The van der Waals surface area contributed by atoms with Crippen LogP contribution >= 0.6 is 0 Å². The van der Waals surface area contributed by atoms with Crippen molar-refractivity contribution in [1.29, 1.82) is 0 Å². The van der Waals surface area contributed by atoms with Gasteiger partial charge in [-0.05, 0) is 18.8 Å². The van der Waals surface area contributed by atoms with Crippen LogP contribution in [0.25, 0.3) is 0 Å². The predicted molar refractivity (Wildman–Crippen MR) is 70.3 cm³/mol. The van der Waals surface area contributed by atoms with Crippen molar-refractivity contribution >= 4 is 5.91 Å². The molecule has 1 saturated heterocycles. The Balaban J connectivity index is 1.93. The molecule has 106 valence electrons. The number of hydrogen-bond donors (Lipinski definition) is 3. The largest absolute Gasteiger partial charge is 0.389 e. The third-order valence-corrected chi connectivity index (χ3v) is 3.00. The number of rotatable bonds is 9. The first-order valence-corrected chi connectivity index (χ1v) is 6.83. The average molecular weight is 258 g/mol. The lowest BCUT2D eigenvalue weighted by Gasteiger charge is -2.15. The minimum Gasteiger partial charge on any atom is -0.389 e. The Hall–Kier alpha value is -0.650. The molecular weight excluding hydrogens is 232 g/mol. The van der Waals surface area contributed by atoms with E-state index in [9.17, 15) is 9.90 Å². The molecule has 18 heavy (non-hydrogen) atoms. The summed E-state index contributed by atoms with van der Waals surface area (Å²) in [5.41, 5.74) is 0. The van der Waals surface area contributed by atoms with Crippen molar-refractivity contribution < 1.29 is 14.6 Å². The molecule has 0 bridgehead atoms. The highest BCUT2D eigenvalue weighted by molar-refractivity contribution is 5.78. The maximum atomic E-state index is 11.0. The van der Waals surface area contributed by atoms with Gasteiger partial charge in [-0.2, -0.15) is 0 Å². The van der Waals surface area contributed by atoms with Crippen LogP contribution in [0.15, 0.2) is 0 Å². The first-order valence-electron chi connectivity index (χ1n) is 6.83. The van der Waals surface area contributed by atoms with Crippen LogP contribution in [0.4, 0.5) is 0 Å². The molecule has 1 fully saturated rings. The fraction of sp³-hybridized carbons (Fsp3) is 0.923. The summed E-state index contributed by atoms with van der Waals surface area (Å²) in [5.74, 6) is 0.777. The summed E-state index contributed by atoms with van der Waals surface area (Å²) < 4.78 is 5.41. The first-order chi connectivity index (χ1) is 8.58. The van der Waals surface area contributed by atoms with E-state index in [4.69, 9.17) is 4.74 Å². The molecule has 0 aromatic rings. The third-order valence-electron chi connectivity index (χ3n) is 3.00. The lowest BCUT2D eigenvalue weighted by molar-refractivity contribution is -0.119. The van der Waals surface area contributed by atoms with Crippen LogP contribution in [0, 0.1) is 5.92 Å². The number of hydrogen-bond acceptors (Lipinski definition) is 4. The lowest BCUT2D eigenvalue weighted by Crippen LogP contribution is -2.38. The van der Waals surface area contributed by atoms with Gasteiger partial charge in [-0.3, -0.25) is 4.79 Å². The molecule has 0 radical (unpaired) electrons. The summed E-state index contributed by atoms with van der Waals surface area (Å²) in [4.78, 5) is 11.0. The molecule has 2 unspecified atom stereocenters. The number of aliphatic hydroxyl groups is 1. The summed E-state index contributed by atoms with van der Waals surface area (Å²) in [7, 11) is 0. The van der Waals surface area contributed by atoms with Crippen LogP contribution in [0.1, 0.15) is 33.1 Å². The Bertz CT molecular complexity index is 246. The van der Waals surface area contributed by atoms with E-state index in [2.05, 4.69) is 24.5 Å². The van der Waals surface area contributed by atoms with Gasteiger partial charge >= 0.3 is 0 Å². The molecule has 5 nitrogen and oxygen atoms in total. The number of ether oxygens (including phenoxy) is 1. The van der Waals surface area contributed by atoms with Crippen LogP contribution in [0.5, 0.6) is 0 Å². The normalized spacial score (nSPS) is 21.3. The molecule has 1 aliphatic heterocycles. The van der Waals surface area contributed by atoms with E-state index in [0.717, 1.165) is 12.8 Å². The average Bonchev–Trinajstić information content (AvgIpc) is 2.71. The molecule has 1 amide bonds. The van der Waals surface area contributed by atoms with Gasteiger partial charge in [0.15, 0.2) is 0 Å². The lowest BCUT2D eigenvalue weighted by atomic mass is 10.1. The molecule has 1 aliphatic rings. The van der Waals surface area contributed by atoms with Crippen molar-refractivity contribution in [3.8, 4) is 0 Å². The molecule has 0 aromatic carbocycles. The molecule has 2 atom stereocenters. The zero-order valence-electron chi connectivity index (χ0n) is 11.4. The fourth-order valence-corrected chi connectivity index (χ4v) is 1.92. The fourth-order valence-electron chi connectivity index (χ4n) is 1.92. The van der Waals surface area contributed by atoms with Gasteiger partial charge < -0.3 is 20.5 Å². The summed E-state index contributed by atoms with van der Waals surface area (Å²) >= 11 is 0. The highest BCUT2D eigenvalue weighted by Gasteiger charge is 2.21. The highest BCUT2D eigenvalue weighted by atomic mass is 16.5. The summed E-state index contributed by atoms with van der Waals surface area (Å²) in [5, 5.41) is 15.6. The quantitative estimate of drug-likeness (QED) is 0.520. The maximum Gasteiger partial charge on any atom is 0.221 e. The van der Waals surface area contributed by atoms with Crippen molar-refractivity contribution in [2.24, 2.45) is 5.92 Å².